The summed E-state index contributed by atoms with van der Waals surface area (Å²) in [6.07, 6.45) is 2.02. The molecule has 0 bridgehead atoms. The zero-order valence-electron chi connectivity index (χ0n) is 17.9. The Morgan fingerprint density at radius 1 is 1.00 bits per heavy atom. The number of fused-ring (bicyclic) bond motifs is 1. The van der Waals surface area contributed by atoms with Gasteiger partial charge in [-0.2, -0.15) is 0 Å². The Kier molecular flexibility index (Phi) is 6.20. The van der Waals surface area contributed by atoms with E-state index in [1.807, 2.05) is 6.92 Å². The van der Waals surface area contributed by atoms with Crippen LogP contribution in [0.4, 0.5) is 5.69 Å². The van der Waals surface area contributed by atoms with Crippen molar-refractivity contribution in [2.24, 2.45) is 0 Å². The molecule has 0 atom stereocenters. The Morgan fingerprint density at radius 3 is 2.53 bits per heavy atom. The van der Waals surface area contributed by atoms with E-state index in [-0.39, 0.29) is 43.2 Å². The molecule has 4 amide bonds. The third kappa shape index (κ3) is 4.64. The van der Waals surface area contributed by atoms with Crippen molar-refractivity contribution in [3.05, 3.63) is 59.2 Å². The Hall–Kier alpha value is -3.68. The fraction of sp³-hybridized carbons (Fsp3) is 0.333. The normalized spacial score (nSPS) is 15.2. The predicted molar refractivity (Wildman–Crippen MR) is 118 cm³/mol. The van der Waals surface area contributed by atoms with Gasteiger partial charge in [0.15, 0.2) is 6.61 Å². The lowest BCUT2D eigenvalue weighted by Gasteiger charge is -2.16. The van der Waals surface area contributed by atoms with E-state index in [1.165, 1.54) is 0 Å². The summed E-state index contributed by atoms with van der Waals surface area (Å²) < 4.78 is 5.58. The van der Waals surface area contributed by atoms with Crippen molar-refractivity contribution in [2.75, 3.05) is 31.6 Å². The summed E-state index contributed by atoms with van der Waals surface area (Å²) in [5.41, 5.74) is 2.16. The van der Waals surface area contributed by atoms with Crippen LogP contribution in [0.3, 0.4) is 0 Å². The van der Waals surface area contributed by atoms with Crippen molar-refractivity contribution >= 4 is 29.3 Å². The van der Waals surface area contributed by atoms with Gasteiger partial charge < -0.3 is 15.0 Å². The molecular weight excluding hydrogens is 410 g/mol. The number of carbonyl (C=O) groups is 4. The van der Waals surface area contributed by atoms with E-state index in [1.54, 1.807) is 47.4 Å². The highest BCUT2D eigenvalue weighted by Gasteiger charge is 2.35. The van der Waals surface area contributed by atoms with E-state index in [0.717, 1.165) is 36.4 Å². The molecule has 1 saturated heterocycles. The monoisotopic (exact) mass is 435 g/mol. The molecule has 2 aromatic carbocycles. The molecule has 2 aliphatic rings. The number of nitrogens with one attached hydrogen (secondary N) is 1. The number of likely N-dealkylation sites (tertiary alicyclic amines) is 1. The van der Waals surface area contributed by atoms with Crippen LogP contribution >= 0.6 is 0 Å². The smallest absolute Gasteiger partial charge is 0.261 e. The zero-order chi connectivity index (χ0) is 22.7. The molecule has 32 heavy (non-hydrogen) atoms. The first-order valence-electron chi connectivity index (χ1n) is 10.7. The minimum atomic E-state index is -0.379. The Morgan fingerprint density at radius 2 is 1.75 bits per heavy atom. The molecule has 1 N–H and O–H groups in total. The van der Waals surface area contributed by atoms with Crippen molar-refractivity contribution < 1.29 is 23.9 Å². The summed E-state index contributed by atoms with van der Waals surface area (Å²) in [5, 5.41) is 2.75. The zero-order valence-corrected chi connectivity index (χ0v) is 17.9. The number of hydrogen-bond donors (Lipinski definition) is 1. The van der Waals surface area contributed by atoms with Crippen LogP contribution in [0, 0.1) is 6.92 Å². The topological polar surface area (TPSA) is 96.0 Å². The molecule has 8 nitrogen and oxygen atoms in total. The maximum atomic E-state index is 12.5. The molecular formula is C24H25N3O5. The van der Waals surface area contributed by atoms with Crippen LogP contribution < -0.4 is 10.1 Å². The van der Waals surface area contributed by atoms with Gasteiger partial charge in [0.2, 0.25) is 5.91 Å². The molecule has 0 saturated carbocycles. The standard InChI is InChI=1S/C24H25N3O5/c1-16-7-8-19-20(13-16)24(31)27(23(19)30)12-9-21(28)25-17-5-4-6-18(14-17)32-15-22(29)26-10-2-3-11-26/h4-8,13-14H,2-3,9-12,15H2,1H3,(H,25,28). The van der Waals surface area contributed by atoms with E-state index in [9.17, 15) is 19.2 Å². The van der Waals surface area contributed by atoms with Gasteiger partial charge in [0.05, 0.1) is 11.1 Å². The SMILES string of the molecule is Cc1ccc2c(c1)C(=O)N(CCC(=O)Nc1cccc(OCC(=O)N3CCCC3)c1)C2=O. The minimum Gasteiger partial charge on any atom is -0.484 e. The van der Waals surface area contributed by atoms with Gasteiger partial charge in [0, 0.05) is 37.8 Å². The summed E-state index contributed by atoms with van der Waals surface area (Å²) in [5.74, 6) is -0.655. The number of nitrogens with zero attached hydrogens (tertiary/aromatic N) is 2. The number of benzene rings is 2. The molecule has 0 radical (unpaired) electrons. The van der Waals surface area contributed by atoms with Crippen molar-refractivity contribution in [3.8, 4) is 5.75 Å². The van der Waals surface area contributed by atoms with Crippen molar-refractivity contribution in [2.45, 2.75) is 26.2 Å². The van der Waals surface area contributed by atoms with Crippen molar-refractivity contribution in [1.29, 1.82) is 0 Å². The van der Waals surface area contributed by atoms with Crippen LogP contribution in [0.25, 0.3) is 0 Å². The van der Waals surface area contributed by atoms with Crippen LogP contribution in [0.15, 0.2) is 42.5 Å². The van der Waals surface area contributed by atoms with Gasteiger partial charge in [-0.1, -0.05) is 17.7 Å². The summed E-state index contributed by atoms with van der Waals surface area (Å²) in [6.45, 7) is 3.35. The highest BCUT2D eigenvalue weighted by molar-refractivity contribution is 6.21. The van der Waals surface area contributed by atoms with E-state index in [4.69, 9.17) is 4.74 Å². The second kappa shape index (κ2) is 9.21. The molecule has 2 heterocycles. The lowest BCUT2D eigenvalue weighted by molar-refractivity contribution is -0.132. The number of aryl methyl sites for hydroxylation is 1. The Balaban J connectivity index is 1.29. The van der Waals surface area contributed by atoms with Crippen LogP contribution in [0.1, 0.15) is 45.5 Å². The number of imide groups is 1. The maximum absolute atomic E-state index is 12.5. The highest BCUT2D eigenvalue weighted by atomic mass is 16.5. The van der Waals surface area contributed by atoms with Gasteiger partial charge in [-0.3, -0.25) is 24.1 Å². The first kappa shape index (κ1) is 21.5. The van der Waals surface area contributed by atoms with E-state index < -0.39 is 0 Å². The molecule has 8 heteroatoms. The number of carbonyl (C=O) groups excluding carboxylic acids is 4. The molecule has 0 unspecified atom stereocenters. The summed E-state index contributed by atoms with van der Waals surface area (Å²) in [7, 11) is 0. The first-order chi connectivity index (χ1) is 15.4. The maximum Gasteiger partial charge on any atom is 0.261 e. The average Bonchev–Trinajstić information content (AvgIpc) is 3.39. The van der Waals surface area contributed by atoms with E-state index in [2.05, 4.69) is 5.32 Å². The second-order valence-corrected chi connectivity index (χ2v) is 8.01. The van der Waals surface area contributed by atoms with Crippen molar-refractivity contribution in [1.82, 2.24) is 9.80 Å². The molecule has 0 aromatic heterocycles. The lowest BCUT2D eigenvalue weighted by Crippen LogP contribution is -2.33. The highest BCUT2D eigenvalue weighted by Crippen LogP contribution is 2.24. The number of ether oxygens (including phenoxy) is 1. The second-order valence-electron chi connectivity index (χ2n) is 8.01. The minimum absolute atomic E-state index is 0.00223. The van der Waals surface area contributed by atoms with E-state index >= 15 is 0 Å². The third-order valence-electron chi connectivity index (χ3n) is 5.63. The van der Waals surface area contributed by atoms with Crippen LogP contribution in [0.5, 0.6) is 5.75 Å². The van der Waals surface area contributed by atoms with Gasteiger partial charge in [-0.05, 0) is 44.0 Å². The molecule has 166 valence electrons. The van der Waals surface area contributed by atoms with Gasteiger partial charge in [0.1, 0.15) is 5.75 Å². The van der Waals surface area contributed by atoms with Gasteiger partial charge in [-0.25, -0.2) is 0 Å². The predicted octanol–water partition coefficient (Wildman–Crippen LogP) is 2.62. The molecule has 0 aliphatic carbocycles. The number of amides is 4. The molecule has 4 rings (SSSR count). The average molecular weight is 435 g/mol. The summed E-state index contributed by atoms with van der Waals surface area (Å²) in [6, 6.07) is 11.9. The lowest BCUT2D eigenvalue weighted by atomic mass is 10.1. The van der Waals surface area contributed by atoms with Gasteiger partial charge in [0.25, 0.3) is 17.7 Å². The molecule has 1 fully saturated rings. The molecule has 2 aromatic rings. The van der Waals surface area contributed by atoms with Gasteiger partial charge in [-0.15, -0.1) is 0 Å². The number of anilines is 1. The first-order valence-corrected chi connectivity index (χ1v) is 10.7. The fourth-order valence-electron chi connectivity index (χ4n) is 3.91. The molecule has 2 aliphatic heterocycles. The van der Waals surface area contributed by atoms with Crippen molar-refractivity contribution in [3.63, 3.8) is 0 Å². The Bertz CT molecular complexity index is 1080. The Labute approximate surface area is 186 Å². The largest absolute Gasteiger partial charge is 0.484 e. The fourth-order valence-corrected chi connectivity index (χ4v) is 3.91. The van der Waals surface area contributed by atoms with Gasteiger partial charge >= 0.3 is 0 Å². The number of rotatable bonds is 7. The van der Waals surface area contributed by atoms with E-state index in [0.29, 0.717) is 22.6 Å². The van der Waals surface area contributed by atoms with Crippen LogP contribution in [0.2, 0.25) is 0 Å². The van der Waals surface area contributed by atoms with Crippen LogP contribution in [-0.4, -0.2) is 59.7 Å². The third-order valence-corrected chi connectivity index (χ3v) is 5.63. The quantitative estimate of drug-likeness (QED) is 0.675. The number of hydrogen-bond acceptors (Lipinski definition) is 5. The molecule has 0 spiro atoms. The summed E-state index contributed by atoms with van der Waals surface area (Å²) >= 11 is 0. The summed E-state index contributed by atoms with van der Waals surface area (Å²) in [4.78, 5) is 52.4. The van der Waals surface area contributed by atoms with Crippen LogP contribution in [-0.2, 0) is 9.59 Å².